The fourth-order valence-electron chi connectivity index (χ4n) is 2.22. The van der Waals surface area contributed by atoms with Gasteiger partial charge >= 0.3 is 0 Å². The minimum absolute atomic E-state index is 0.0152. The summed E-state index contributed by atoms with van der Waals surface area (Å²) in [4.78, 5) is 12.5. The van der Waals surface area contributed by atoms with E-state index in [1.54, 1.807) is 0 Å². The summed E-state index contributed by atoms with van der Waals surface area (Å²) in [5.41, 5.74) is 0.533. The summed E-state index contributed by atoms with van der Waals surface area (Å²) in [5, 5.41) is 13.0. The van der Waals surface area contributed by atoms with Crippen LogP contribution in [0.5, 0.6) is 0 Å². The van der Waals surface area contributed by atoms with Gasteiger partial charge in [0.2, 0.25) is 11.0 Å². The number of carbonyl (C=O) groups is 1. The fourth-order valence-corrected chi connectivity index (χ4v) is 3.09. The first kappa shape index (κ1) is 13.5. The number of amides is 1. The molecule has 1 saturated carbocycles. The number of anilines is 1. The Balaban J connectivity index is 1.79. The summed E-state index contributed by atoms with van der Waals surface area (Å²) in [6, 6.07) is 7.52. The van der Waals surface area contributed by atoms with Crippen LogP contribution in [0.2, 0.25) is 5.02 Å². The summed E-state index contributed by atoms with van der Waals surface area (Å²) in [7, 11) is 0. The van der Waals surface area contributed by atoms with Gasteiger partial charge in [0.25, 0.3) is 0 Å². The molecule has 1 N–H and O–H groups in total. The monoisotopic (exact) mass is 307 g/mol. The molecule has 1 aromatic heterocycles. The molecular weight excluding hydrogens is 294 g/mol. The Labute approximate surface area is 126 Å². The Morgan fingerprint density at radius 3 is 2.85 bits per heavy atom. The van der Waals surface area contributed by atoms with E-state index in [4.69, 9.17) is 11.6 Å². The highest BCUT2D eigenvalue weighted by Gasteiger charge is 2.51. The molecule has 3 rings (SSSR count). The Kier molecular flexibility index (Phi) is 3.48. The molecule has 1 aliphatic carbocycles. The maximum atomic E-state index is 12.5. The van der Waals surface area contributed by atoms with Crippen LogP contribution in [0.25, 0.3) is 0 Å². The molecule has 1 aliphatic rings. The van der Waals surface area contributed by atoms with Crippen LogP contribution in [0.4, 0.5) is 5.13 Å². The van der Waals surface area contributed by atoms with Gasteiger partial charge in [-0.1, -0.05) is 42.0 Å². The lowest BCUT2D eigenvalue weighted by Crippen LogP contribution is -2.27. The third-order valence-electron chi connectivity index (χ3n) is 3.55. The van der Waals surface area contributed by atoms with Crippen molar-refractivity contribution in [1.82, 2.24) is 10.2 Å². The molecule has 1 heterocycles. The number of hydrogen-bond donors (Lipinski definition) is 1. The SMILES string of the molecule is CCc1nnc(NC(=O)C2(c3cccc(Cl)c3)CC2)s1. The molecule has 2 aromatic rings. The number of nitrogens with zero attached hydrogens (tertiary/aromatic N) is 2. The van der Waals surface area contributed by atoms with Gasteiger partial charge in [-0.25, -0.2) is 0 Å². The molecule has 0 spiro atoms. The summed E-state index contributed by atoms with van der Waals surface area (Å²) < 4.78 is 0. The lowest BCUT2D eigenvalue weighted by atomic mass is 9.95. The molecular formula is C14H14ClN3OS. The number of hydrogen-bond acceptors (Lipinski definition) is 4. The van der Waals surface area contributed by atoms with Gasteiger partial charge in [-0.05, 0) is 37.0 Å². The molecule has 20 heavy (non-hydrogen) atoms. The zero-order chi connectivity index (χ0) is 14.2. The van der Waals surface area contributed by atoms with Crippen LogP contribution in [0.1, 0.15) is 30.3 Å². The van der Waals surface area contributed by atoms with Crippen molar-refractivity contribution in [3.05, 3.63) is 39.9 Å². The molecule has 0 aliphatic heterocycles. The van der Waals surface area contributed by atoms with Gasteiger partial charge in [-0.2, -0.15) is 0 Å². The molecule has 0 radical (unpaired) electrons. The van der Waals surface area contributed by atoms with Crippen molar-refractivity contribution in [2.24, 2.45) is 0 Å². The third kappa shape index (κ3) is 2.43. The Hall–Kier alpha value is -1.46. The minimum Gasteiger partial charge on any atom is -0.300 e. The van der Waals surface area contributed by atoms with E-state index in [2.05, 4.69) is 15.5 Å². The predicted molar refractivity (Wildman–Crippen MR) is 80.3 cm³/mol. The normalized spacial score (nSPS) is 15.9. The predicted octanol–water partition coefficient (Wildman–Crippen LogP) is 3.42. The van der Waals surface area contributed by atoms with E-state index < -0.39 is 5.41 Å². The highest BCUT2D eigenvalue weighted by molar-refractivity contribution is 7.15. The Morgan fingerprint density at radius 2 is 2.25 bits per heavy atom. The van der Waals surface area contributed by atoms with Gasteiger partial charge in [0.1, 0.15) is 5.01 Å². The lowest BCUT2D eigenvalue weighted by molar-refractivity contribution is -0.118. The van der Waals surface area contributed by atoms with Crippen LogP contribution in [-0.2, 0) is 16.6 Å². The average molecular weight is 308 g/mol. The first-order valence-corrected chi connectivity index (χ1v) is 7.73. The van der Waals surface area contributed by atoms with Gasteiger partial charge in [-0.3, -0.25) is 10.1 Å². The number of benzene rings is 1. The molecule has 6 heteroatoms. The molecule has 0 bridgehead atoms. The van der Waals surface area contributed by atoms with Crippen LogP contribution in [0.3, 0.4) is 0 Å². The van der Waals surface area contributed by atoms with Gasteiger partial charge < -0.3 is 0 Å². The van der Waals surface area contributed by atoms with Crippen molar-refractivity contribution in [3.8, 4) is 0 Å². The van der Waals surface area contributed by atoms with Crippen molar-refractivity contribution in [2.45, 2.75) is 31.6 Å². The van der Waals surface area contributed by atoms with Crippen LogP contribution >= 0.6 is 22.9 Å². The Morgan fingerprint density at radius 1 is 1.45 bits per heavy atom. The van der Waals surface area contributed by atoms with Gasteiger partial charge in [-0.15, -0.1) is 10.2 Å². The van der Waals surface area contributed by atoms with E-state index in [1.807, 2.05) is 31.2 Å². The zero-order valence-electron chi connectivity index (χ0n) is 11.0. The van der Waals surface area contributed by atoms with Gasteiger partial charge in [0.05, 0.1) is 5.41 Å². The smallest absolute Gasteiger partial charge is 0.236 e. The molecule has 0 unspecified atom stereocenters. The number of nitrogens with one attached hydrogen (secondary N) is 1. The number of rotatable bonds is 4. The highest BCUT2D eigenvalue weighted by Crippen LogP contribution is 2.49. The van der Waals surface area contributed by atoms with Crippen molar-refractivity contribution in [1.29, 1.82) is 0 Å². The summed E-state index contributed by atoms with van der Waals surface area (Å²) in [5.74, 6) is -0.0152. The number of aromatic nitrogens is 2. The van der Waals surface area contributed by atoms with E-state index >= 15 is 0 Å². The average Bonchev–Trinajstić information content (AvgIpc) is 3.14. The van der Waals surface area contributed by atoms with Crippen LogP contribution in [0, 0.1) is 0 Å². The highest BCUT2D eigenvalue weighted by atomic mass is 35.5. The topological polar surface area (TPSA) is 54.9 Å². The maximum absolute atomic E-state index is 12.5. The first-order chi connectivity index (χ1) is 9.64. The van der Waals surface area contributed by atoms with E-state index in [0.29, 0.717) is 10.2 Å². The molecule has 0 atom stereocenters. The van der Waals surface area contributed by atoms with Crippen LogP contribution in [0.15, 0.2) is 24.3 Å². The van der Waals surface area contributed by atoms with Crippen molar-refractivity contribution in [2.75, 3.05) is 5.32 Å². The molecule has 1 aromatic carbocycles. The van der Waals surface area contributed by atoms with E-state index in [9.17, 15) is 4.79 Å². The fraction of sp³-hybridized carbons (Fsp3) is 0.357. The quantitative estimate of drug-likeness (QED) is 0.941. The number of aryl methyl sites for hydroxylation is 1. The lowest BCUT2D eigenvalue weighted by Gasteiger charge is -2.14. The van der Waals surface area contributed by atoms with Gasteiger partial charge in [0.15, 0.2) is 0 Å². The molecule has 104 valence electrons. The van der Waals surface area contributed by atoms with E-state index in [0.717, 1.165) is 29.8 Å². The zero-order valence-corrected chi connectivity index (χ0v) is 12.6. The van der Waals surface area contributed by atoms with E-state index in [-0.39, 0.29) is 5.91 Å². The summed E-state index contributed by atoms with van der Waals surface area (Å²) >= 11 is 7.44. The largest absolute Gasteiger partial charge is 0.300 e. The summed E-state index contributed by atoms with van der Waals surface area (Å²) in [6.45, 7) is 2.01. The third-order valence-corrected chi connectivity index (χ3v) is 4.77. The molecule has 1 amide bonds. The Bertz CT molecular complexity index is 651. The van der Waals surface area contributed by atoms with Crippen LogP contribution in [-0.4, -0.2) is 16.1 Å². The van der Waals surface area contributed by atoms with Crippen molar-refractivity contribution >= 4 is 34.0 Å². The van der Waals surface area contributed by atoms with Gasteiger partial charge in [0, 0.05) is 5.02 Å². The molecule has 1 fully saturated rings. The van der Waals surface area contributed by atoms with Crippen LogP contribution < -0.4 is 5.32 Å². The second-order valence-corrected chi connectivity index (χ2v) is 6.40. The van der Waals surface area contributed by atoms with Crippen molar-refractivity contribution < 1.29 is 4.79 Å². The van der Waals surface area contributed by atoms with E-state index in [1.165, 1.54) is 11.3 Å². The number of carbonyl (C=O) groups excluding carboxylic acids is 1. The maximum Gasteiger partial charge on any atom is 0.236 e. The first-order valence-electron chi connectivity index (χ1n) is 6.54. The molecule has 0 saturated heterocycles. The summed E-state index contributed by atoms with van der Waals surface area (Å²) in [6.07, 6.45) is 2.52. The minimum atomic E-state index is -0.442. The second kappa shape index (κ2) is 5.14. The molecule has 4 nitrogen and oxygen atoms in total. The second-order valence-electron chi connectivity index (χ2n) is 4.90. The van der Waals surface area contributed by atoms with Crippen molar-refractivity contribution in [3.63, 3.8) is 0 Å². The standard InChI is InChI=1S/C14H14ClN3OS/c1-2-11-17-18-13(20-11)16-12(19)14(6-7-14)9-4-3-5-10(15)8-9/h3-5,8H,2,6-7H2,1H3,(H,16,18,19). The number of halogens is 1.